The molecule has 4 N–H and O–H groups in total. The SMILES string of the molecule is NCC(N)c1cc(C(F)(F)F)nc2ccccc12. The number of aromatic nitrogens is 1. The number of hydrogen-bond donors (Lipinski definition) is 2. The molecule has 2 aromatic rings. The molecule has 1 aromatic carbocycles. The van der Waals surface area contributed by atoms with Crippen molar-refractivity contribution in [2.45, 2.75) is 12.2 Å². The standard InChI is InChI=1S/C12H12F3N3/c13-12(14,15)11-5-8(9(17)6-16)7-3-1-2-4-10(7)18-11/h1-5,9H,6,16-17H2. The molecule has 0 bridgehead atoms. The fraction of sp³-hybridized carbons (Fsp3) is 0.250. The van der Waals surface area contributed by atoms with Gasteiger partial charge < -0.3 is 11.5 Å². The highest BCUT2D eigenvalue weighted by Crippen LogP contribution is 2.32. The summed E-state index contributed by atoms with van der Waals surface area (Å²) in [7, 11) is 0. The minimum Gasteiger partial charge on any atom is -0.329 e. The Morgan fingerprint density at radius 2 is 1.89 bits per heavy atom. The Kier molecular flexibility index (Phi) is 3.23. The van der Waals surface area contributed by atoms with E-state index in [1.54, 1.807) is 18.2 Å². The molecule has 1 atom stereocenters. The highest BCUT2D eigenvalue weighted by Gasteiger charge is 2.33. The number of halogens is 3. The van der Waals surface area contributed by atoms with Crippen LogP contribution < -0.4 is 11.5 Å². The second-order valence-electron chi connectivity index (χ2n) is 3.95. The molecule has 0 saturated carbocycles. The lowest BCUT2D eigenvalue weighted by Gasteiger charge is -2.15. The predicted octanol–water partition coefficient (Wildman–Crippen LogP) is 2.21. The number of fused-ring (bicyclic) bond motifs is 1. The van der Waals surface area contributed by atoms with Crippen LogP contribution >= 0.6 is 0 Å². The van der Waals surface area contributed by atoms with Crippen molar-refractivity contribution in [3.05, 3.63) is 41.6 Å². The fourth-order valence-corrected chi connectivity index (χ4v) is 1.78. The predicted molar refractivity (Wildman–Crippen MR) is 62.7 cm³/mol. The second-order valence-corrected chi connectivity index (χ2v) is 3.95. The maximum atomic E-state index is 12.7. The third-order valence-corrected chi connectivity index (χ3v) is 2.69. The van der Waals surface area contributed by atoms with E-state index < -0.39 is 17.9 Å². The average Bonchev–Trinajstić information content (AvgIpc) is 2.35. The van der Waals surface area contributed by atoms with Gasteiger partial charge in [0.15, 0.2) is 0 Å². The molecular formula is C12H12F3N3. The maximum absolute atomic E-state index is 12.7. The van der Waals surface area contributed by atoms with Crippen LogP contribution in [0.15, 0.2) is 30.3 Å². The van der Waals surface area contributed by atoms with Crippen molar-refractivity contribution in [2.75, 3.05) is 6.54 Å². The van der Waals surface area contributed by atoms with Crippen LogP contribution in [0.25, 0.3) is 10.9 Å². The highest BCUT2D eigenvalue weighted by atomic mass is 19.4. The summed E-state index contributed by atoms with van der Waals surface area (Å²) in [4.78, 5) is 3.60. The van der Waals surface area contributed by atoms with Crippen LogP contribution in [0.1, 0.15) is 17.3 Å². The number of pyridine rings is 1. The van der Waals surface area contributed by atoms with E-state index in [0.717, 1.165) is 6.07 Å². The summed E-state index contributed by atoms with van der Waals surface area (Å²) in [5.41, 5.74) is 10.9. The minimum absolute atomic E-state index is 0.0747. The summed E-state index contributed by atoms with van der Waals surface area (Å²) in [5, 5.41) is 0.600. The normalized spacial score (nSPS) is 13.8. The number of nitrogens with two attached hydrogens (primary N) is 2. The molecule has 2 rings (SSSR count). The van der Waals surface area contributed by atoms with Crippen molar-refractivity contribution in [3.63, 3.8) is 0 Å². The van der Waals surface area contributed by atoms with Gasteiger partial charge in [0.2, 0.25) is 0 Å². The molecule has 0 aliphatic heterocycles. The molecule has 0 amide bonds. The molecule has 3 nitrogen and oxygen atoms in total. The number of para-hydroxylation sites is 1. The molecule has 1 aromatic heterocycles. The molecule has 0 radical (unpaired) electrons. The molecule has 0 spiro atoms. The number of nitrogens with zero attached hydrogens (tertiary/aromatic N) is 1. The van der Waals surface area contributed by atoms with E-state index in [-0.39, 0.29) is 12.1 Å². The number of benzene rings is 1. The lowest BCUT2D eigenvalue weighted by molar-refractivity contribution is -0.141. The van der Waals surface area contributed by atoms with Gasteiger partial charge in [-0.2, -0.15) is 13.2 Å². The summed E-state index contributed by atoms with van der Waals surface area (Å²) in [6.07, 6.45) is -4.49. The van der Waals surface area contributed by atoms with E-state index in [0.29, 0.717) is 10.9 Å². The molecule has 1 unspecified atom stereocenters. The second kappa shape index (κ2) is 4.55. The summed E-state index contributed by atoms with van der Waals surface area (Å²) in [5.74, 6) is 0. The van der Waals surface area contributed by atoms with E-state index in [4.69, 9.17) is 11.5 Å². The van der Waals surface area contributed by atoms with Gasteiger partial charge in [0.25, 0.3) is 0 Å². The zero-order chi connectivity index (χ0) is 13.3. The molecule has 0 saturated heterocycles. The highest BCUT2D eigenvalue weighted by molar-refractivity contribution is 5.83. The van der Waals surface area contributed by atoms with Crippen molar-refractivity contribution in [1.82, 2.24) is 4.98 Å². The average molecular weight is 255 g/mol. The largest absolute Gasteiger partial charge is 0.433 e. The number of alkyl halides is 3. The van der Waals surface area contributed by atoms with E-state index in [2.05, 4.69) is 4.98 Å². The van der Waals surface area contributed by atoms with Crippen molar-refractivity contribution >= 4 is 10.9 Å². The molecule has 6 heteroatoms. The first-order valence-electron chi connectivity index (χ1n) is 5.36. The molecule has 96 valence electrons. The molecule has 0 aliphatic rings. The smallest absolute Gasteiger partial charge is 0.329 e. The van der Waals surface area contributed by atoms with Gasteiger partial charge in [-0.05, 0) is 17.7 Å². The van der Waals surface area contributed by atoms with Crippen LogP contribution in [0.2, 0.25) is 0 Å². The Morgan fingerprint density at radius 1 is 1.22 bits per heavy atom. The van der Waals surface area contributed by atoms with Gasteiger partial charge in [-0.25, -0.2) is 4.98 Å². The zero-order valence-corrected chi connectivity index (χ0v) is 9.41. The third kappa shape index (κ3) is 2.30. The van der Waals surface area contributed by atoms with Crippen LogP contribution in [0.5, 0.6) is 0 Å². The molecule has 1 heterocycles. The van der Waals surface area contributed by atoms with E-state index in [9.17, 15) is 13.2 Å². The van der Waals surface area contributed by atoms with E-state index in [1.165, 1.54) is 6.07 Å². The van der Waals surface area contributed by atoms with Crippen LogP contribution in [-0.4, -0.2) is 11.5 Å². The van der Waals surface area contributed by atoms with Crippen LogP contribution in [0, 0.1) is 0 Å². The van der Waals surface area contributed by atoms with Gasteiger partial charge in [0.1, 0.15) is 5.69 Å². The molecule has 0 aliphatic carbocycles. The van der Waals surface area contributed by atoms with Gasteiger partial charge >= 0.3 is 6.18 Å². The van der Waals surface area contributed by atoms with Crippen molar-refractivity contribution < 1.29 is 13.2 Å². The Hall–Kier alpha value is -1.66. The third-order valence-electron chi connectivity index (χ3n) is 2.69. The van der Waals surface area contributed by atoms with Gasteiger partial charge in [0.05, 0.1) is 5.52 Å². The van der Waals surface area contributed by atoms with E-state index in [1.807, 2.05) is 0 Å². The first-order valence-corrected chi connectivity index (χ1v) is 5.36. The minimum atomic E-state index is -4.49. The monoisotopic (exact) mass is 255 g/mol. The maximum Gasteiger partial charge on any atom is 0.433 e. The Balaban J connectivity index is 2.72. The van der Waals surface area contributed by atoms with Gasteiger partial charge in [-0.15, -0.1) is 0 Å². The Bertz CT molecular complexity index is 566. The fourth-order valence-electron chi connectivity index (χ4n) is 1.78. The lowest BCUT2D eigenvalue weighted by Crippen LogP contribution is -2.22. The molecular weight excluding hydrogens is 243 g/mol. The van der Waals surface area contributed by atoms with Gasteiger partial charge in [-0.3, -0.25) is 0 Å². The van der Waals surface area contributed by atoms with Crippen molar-refractivity contribution in [3.8, 4) is 0 Å². The Morgan fingerprint density at radius 3 is 2.50 bits per heavy atom. The summed E-state index contributed by atoms with van der Waals surface area (Å²) >= 11 is 0. The van der Waals surface area contributed by atoms with Crippen LogP contribution in [0.4, 0.5) is 13.2 Å². The lowest BCUT2D eigenvalue weighted by atomic mass is 10.0. The summed E-state index contributed by atoms with van der Waals surface area (Å²) in [6.45, 7) is 0.0747. The van der Waals surface area contributed by atoms with Crippen LogP contribution in [0.3, 0.4) is 0 Å². The topological polar surface area (TPSA) is 64.9 Å². The summed E-state index contributed by atoms with van der Waals surface area (Å²) < 4.78 is 38.2. The van der Waals surface area contributed by atoms with Gasteiger partial charge in [0, 0.05) is 18.0 Å². The summed E-state index contributed by atoms with van der Waals surface area (Å²) in [6, 6.07) is 6.90. The van der Waals surface area contributed by atoms with Crippen LogP contribution in [-0.2, 0) is 6.18 Å². The van der Waals surface area contributed by atoms with Crippen molar-refractivity contribution in [1.29, 1.82) is 0 Å². The van der Waals surface area contributed by atoms with Gasteiger partial charge in [-0.1, -0.05) is 18.2 Å². The van der Waals surface area contributed by atoms with E-state index >= 15 is 0 Å². The molecule has 0 fully saturated rings. The number of rotatable bonds is 2. The Labute approximate surface area is 102 Å². The quantitative estimate of drug-likeness (QED) is 0.864. The molecule has 18 heavy (non-hydrogen) atoms. The first kappa shape index (κ1) is 12.8. The van der Waals surface area contributed by atoms with Crippen molar-refractivity contribution in [2.24, 2.45) is 11.5 Å². The number of hydrogen-bond acceptors (Lipinski definition) is 3. The zero-order valence-electron chi connectivity index (χ0n) is 9.41. The first-order chi connectivity index (χ1) is 8.43.